The molecule has 1 amide bonds. The zero-order valence-electron chi connectivity index (χ0n) is 15.3. The number of piperidine rings is 1. The van der Waals surface area contributed by atoms with Gasteiger partial charge in [0, 0.05) is 25.4 Å². The smallest absolute Gasteiger partial charge is 0.265 e. The Balaban J connectivity index is 1.39. The van der Waals surface area contributed by atoms with Crippen molar-refractivity contribution in [2.45, 2.75) is 32.5 Å². The Labute approximate surface area is 162 Å². The van der Waals surface area contributed by atoms with Gasteiger partial charge in [-0.15, -0.1) is 11.3 Å². The van der Waals surface area contributed by atoms with E-state index in [1.54, 1.807) is 12.1 Å². The average Bonchev–Trinajstić information content (AvgIpc) is 3.33. The first-order valence-corrected chi connectivity index (χ1v) is 10.1. The largest absolute Gasteiger partial charge is 0.350 e. The van der Waals surface area contributed by atoms with Crippen molar-refractivity contribution in [3.8, 4) is 0 Å². The van der Waals surface area contributed by atoms with Gasteiger partial charge >= 0.3 is 0 Å². The first-order valence-electron chi connectivity index (χ1n) is 9.33. The Morgan fingerprint density at radius 1 is 1.22 bits per heavy atom. The number of aromatic nitrogens is 1. The fourth-order valence-electron chi connectivity index (χ4n) is 3.67. The molecule has 0 radical (unpaired) electrons. The number of carbonyl (C=O) groups excluding carboxylic acids is 1. The molecule has 4 rings (SSSR count). The summed E-state index contributed by atoms with van der Waals surface area (Å²) in [5.74, 6) is 0.178. The van der Waals surface area contributed by atoms with E-state index in [0.717, 1.165) is 42.2 Å². The minimum atomic E-state index is -0.248. The number of hydrogen-bond acceptors (Lipinski definition) is 5. The number of halogens is 1. The van der Waals surface area contributed by atoms with Crippen LogP contribution in [0.5, 0.6) is 0 Å². The van der Waals surface area contributed by atoms with E-state index < -0.39 is 0 Å². The molecule has 27 heavy (non-hydrogen) atoms. The lowest BCUT2D eigenvalue weighted by atomic mass is 9.96. The summed E-state index contributed by atoms with van der Waals surface area (Å²) in [6.45, 7) is 4.65. The molecule has 0 unspecified atom stereocenters. The number of nitrogens with zero attached hydrogens (tertiary/aromatic N) is 2. The standard InChI is InChI=1S/C20H23FN2O3S/c1-13-18(27-17(22-13)12-14-2-4-16(21)5-3-14)19(24)23-8-6-15(7-9-23)20-25-10-11-26-20/h2-5,15,20H,6-12H2,1H3. The van der Waals surface area contributed by atoms with Crippen LogP contribution in [0.4, 0.5) is 4.39 Å². The molecule has 0 aliphatic carbocycles. The van der Waals surface area contributed by atoms with E-state index in [0.29, 0.717) is 30.4 Å². The molecule has 2 aliphatic heterocycles. The molecule has 7 heteroatoms. The molecule has 1 aromatic carbocycles. The number of hydrogen-bond donors (Lipinski definition) is 0. The van der Waals surface area contributed by atoms with E-state index in [4.69, 9.17) is 9.47 Å². The van der Waals surface area contributed by atoms with Gasteiger partial charge in [0.1, 0.15) is 10.7 Å². The van der Waals surface area contributed by atoms with Gasteiger partial charge in [0.05, 0.1) is 23.9 Å². The second-order valence-corrected chi connectivity index (χ2v) is 8.15. The first-order chi connectivity index (χ1) is 13.1. The summed E-state index contributed by atoms with van der Waals surface area (Å²) in [5, 5.41) is 0.880. The lowest BCUT2D eigenvalue weighted by molar-refractivity contribution is -0.0956. The van der Waals surface area contributed by atoms with Crippen molar-refractivity contribution in [2.24, 2.45) is 5.92 Å². The number of ether oxygens (including phenoxy) is 2. The molecule has 1 aromatic heterocycles. The maximum Gasteiger partial charge on any atom is 0.265 e. The monoisotopic (exact) mass is 390 g/mol. The van der Waals surface area contributed by atoms with Crippen molar-refractivity contribution in [2.75, 3.05) is 26.3 Å². The van der Waals surface area contributed by atoms with Gasteiger partial charge in [0.2, 0.25) is 0 Å². The van der Waals surface area contributed by atoms with Gasteiger partial charge < -0.3 is 14.4 Å². The molecule has 0 saturated carbocycles. The molecule has 0 N–H and O–H groups in total. The van der Waals surface area contributed by atoms with Crippen molar-refractivity contribution in [1.82, 2.24) is 9.88 Å². The molecule has 0 bridgehead atoms. The fourth-order valence-corrected chi connectivity index (χ4v) is 4.74. The van der Waals surface area contributed by atoms with Crippen LogP contribution in [0.2, 0.25) is 0 Å². The Morgan fingerprint density at radius 2 is 1.89 bits per heavy atom. The lowest BCUT2D eigenvalue weighted by Crippen LogP contribution is -2.41. The molecular formula is C20H23FN2O3S. The van der Waals surface area contributed by atoms with E-state index in [1.165, 1.54) is 23.5 Å². The molecular weight excluding hydrogens is 367 g/mol. The van der Waals surface area contributed by atoms with Crippen molar-refractivity contribution < 1.29 is 18.7 Å². The Bertz CT molecular complexity index is 794. The van der Waals surface area contributed by atoms with Gasteiger partial charge in [0.15, 0.2) is 6.29 Å². The van der Waals surface area contributed by atoms with Gasteiger partial charge in [-0.3, -0.25) is 4.79 Å². The Kier molecular flexibility index (Phi) is 5.52. The van der Waals surface area contributed by atoms with E-state index in [2.05, 4.69) is 4.98 Å². The maximum atomic E-state index is 13.1. The third-order valence-electron chi connectivity index (χ3n) is 5.16. The highest BCUT2D eigenvalue weighted by atomic mass is 32.1. The highest BCUT2D eigenvalue weighted by molar-refractivity contribution is 7.13. The Hall–Kier alpha value is -1.83. The molecule has 2 saturated heterocycles. The number of amides is 1. The van der Waals surface area contributed by atoms with Crippen LogP contribution in [0, 0.1) is 18.7 Å². The highest BCUT2D eigenvalue weighted by Crippen LogP contribution is 2.28. The molecule has 5 nitrogen and oxygen atoms in total. The van der Waals surface area contributed by atoms with E-state index in [-0.39, 0.29) is 18.0 Å². The zero-order valence-corrected chi connectivity index (χ0v) is 16.1. The summed E-state index contributed by atoms with van der Waals surface area (Å²) >= 11 is 1.44. The number of rotatable bonds is 4. The third-order valence-corrected chi connectivity index (χ3v) is 6.31. The summed E-state index contributed by atoms with van der Waals surface area (Å²) in [7, 11) is 0. The fraction of sp³-hybridized carbons (Fsp3) is 0.500. The van der Waals surface area contributed by atoms with Crippen molar-refractivity contribution in [1.29, 1.82) is 0 Å². The van der Waals surface area contributed by atoms with E-state index in [1.807, 2.05) is 11.8 Å². The van der Waals surface area contributed by atoms with Crippen LogP contribution < -0.4 is 0 Å². The average molecular weight is 390 g/mol. The van der Waals surface area contributed by atoms with Crippen molar-refractivity contribution in [3.63, 3.8) is 0 Å². The van der Waals surface area contributed by atoms with Gasteiger partial charge in [-0.1, -0.05) is 12.1 Å². The number of benzene rings is 1. The second kappa shape index (κ2) is 8.04. The van der Waals surface area contributed by atoms with Gasteiger partial charge in [0.25, 0.3) is 5.91 Å². The minimum absolute atomic E-state index is 0.0575. The molecule has 0 atom stereocenters. The highest BCUT2D eigenvalue weighted by Gasteiger charge is 2.32. The Morgan fingerprint density at radius 3 is 2.56 bits per heavy atom. The minimum Gasteiger partial charge on any atom is -0.350 e. The van der Waals surface area contributed by atoms with Crippen LogP contribution in [0.15, 0.2) is 24.3 Å². The number of aryl methyl sites for hydroxylation is 1. The summed E-state index contributed by atoms with van der Waals surface area (Å²) < 4.78 is 24.3. The SMILES string of the molecule is Cc1nc(Cc2ccc(F)cc2)sc1C(=O)N1CCC(C2OCCO2)CC1. The first kappa shape index (κ1) is 18.5. The van der Waals surface area contributed by atoms with Crippen LogP contribution >= 0.6 is 11.3 Å². The van der Waals surface area contributed by atoms with Crippen molar-refractivity contribution >= 4 is 17.2 Å². The molecule has 3 heterocycles. The molecule has 2 fully saturated rings. The predicted octanol–water partition coefficient (Wildman–Crippen LogP) is 3.41. The summed E-state index contributed by atoms with van der Waals surface area (Å²) in [6, 6.07) is 6.41. The molecule has 144 valence electrons. The van der Waals surface area contributed by atoms with E-state index >= 15 is 0 Å². The quantitative estimate of drug-likeness (QED) is 0.803. The number of likely N-dealkylation sites (tertiary alicyclic amines) is 1. The number of thiazole rings is 1. The van der Waals surface area contributed by atoms with Crippen LogP contribution in [0.25, 0.3) is 0 Å². The van der Waals surface area contributed by atoms with Gasteiger partial charge in [-0.2, -0.15) is 0 Å². The van der Waals surface area contributed by atoms with Crippen molar-refractivity contribution in [3.05, 3.63) is 51.2 Å². The summed E-state index contributed by atoms with van der Waals surface area (Å²) in [5.41, 5.74) is 1.76. The molecule has 2 aliphatic rings. The summed E-state index contributed by atoms with van der Waals surface area (Å²) in [6.07, 6.45) is 2.31. The predicted molar refractivity (Wildman–Crippen MR) is 100 cm³/mol. The van der Waals surface area contributed by atoms with Crippen LogP contribution in [-0.2, 0) is 15.9 Å². The van der Waals surface area contributed by atoms with Crippen LogP contribution in [0.1, 0.15) is 38.8 Å². The number of carbonyl (C=O) groups is 1. The molecule has 2 aromatic rings. The lowest BCUT2D eigenvalue weighted by Gasteiger charge is -2.33. The third kappa shape index (κ3) is 4.20. The topological polar surface area (TPSA) is 51.7 Å². The van der Waals surface area contributed by atoms with Crippen LogP contribution in [-0.4, -0.2) is 48.4 Å². The van der Waals surface area contributed by atoms with Gasteiger partial charge in [-0.25, -0.2) is 9.37 Å². The summed E-state index contributed by atoms with van der Waals surface area (Å²) in [4.78, 5) is 20.1. The van der Waals surface area contributed by atoms with E-state index in [9.17, 15) is 9.18 Å². The van der Waals surface area contributed by atoms with Gasteiger partial charge in [-0.05, 0) is 37.5 Å². The van der Waals surface area contributed by atoms with Crippen LogP contribution in [0.3, 0.4) is 0 Å². The second-order valence-electron chi connectivity index (χ2n) is 7.06. The zero-order chi connectivity index (χ0) is 18.8. The normalized spacial score (nSPS) is 19.0. The maximum absolute atomic E-state index is 13.1. The molecule has 0 spiro atoms.